The Kier molecular flexibility index (Phi) is 6.29. The normalized spacial score (nSPS) is 10.2. The van der Waals surface area contributed by atoms with Gasteiger partial charge in [-0.1, -0.05) is 24.9 Å². The molecule has 0 aliphatic rings. The summed E-state index contributed by atoms with van der Waals surface area (Å²) in [4.78, 5) is 26.6. The van der Waals surface area contributed by atoms with E-state index in [9.17, 15) is 9.59 Å². The second-order valence-corrected chi connectivity index (χ2v) is 4.63. The topological polar surface area (TPSA) is 85.1 Å². The lowest BCUT2D eigenvalue weighted by molar-refractivity contribution is -0.118. The van der Waals surface area contributed by atoms with Crippen molar-refractivity contribution in [3.05, 3.63) is 28.5 Å². The van der Waals surface area contributed by atoms with Crippen LogP contribution in [0.2, 0.25) is 5.15 Å². The first kappa shape index (κ1) is 15.4. The van der Waals surface area contributed by atoms with Crippen molar-refractivity contribution < 1.29 is 9.59 Å². The van der Waals surface area contributed by atoms with E-state index in [2.05, 4.69) is 10.3 Å². The molecule has 1 rings (SSSR count). The van der Waals surface area contributed by atoms with Gasteiger partial charge in [0, 0.05) is 24.2 Å². The molecule has 0 aliphatic carbocycles. The molecule has 0 fully saturated rings. The maximum absolute atomic E-state index is 11.9. The molecule has 1 heterocycles. The maximum Gasteiger partial charge on any atom is 0.251 e. The number of amides is 2. The van der Waals surface area contributed by atoms with Gasteiger partial charge < -0.3 is 11.1 Å². The predicted octanol–water partition coefficient (Wildman–Crippen LogP) is 1.68. The van der Waals surface area contributed by atoms with Crippen molar-refractivity contribution >= 4 is 23.4 Å². The van der Waals surface area contributed by atoms with Crippen LogP contribution >= 0.6 is 11.6 Å². The van der Waals surface area contributed by atoms with E-state index in [0.717, 1.165) is 18.5 Å². The fraction of sp³-hybridized carbons (Fsp3) is 0.462. The van der Waals surface area contributed by atoms with Gasteiger partial charge >= 0.3 is 0 Å². The molecule has 0 aliphatic heterocycles. The zero-order valence-corrected chi connectivity index (χ0v) is 11.7. The van der Waals surface area contributed by atoms with Gasteiger partial charge in [0.1, 0.15) is 5.15 Å². The van der Waals surface area contributed by atoms with E-state index in [-0.39, 0.29) is 18.2 Å². The lowest BCUT2D eigenvalue weighted by atomic mass is 10.1. The van der Waals surface area contributed by atoms with Crippen LogP contribution in [0, 0.1) is 0 Å². The highest BCUT2D eigenvalue weighted by atomic mass is 35.5. The van der Waals surface area contributed by atoms with Gasteiger partial charge in [0.2, 0.25) is 5.91 Å². The van der Waals surface area contributed by atoms with Crippen molar-refractivity contribution in [2.45, 2.75) is 32.6 Å². The monoisotopic (exact) mass is 283 g/mol. The number of halogens is 1. The smallest absolute Gasteiger partial charge is 0.251 e. The van der Waals surface area contributed by atoms with Crippen LogP contribution in [0.3, 0.4) is 0 Å². The Morgan fingerprint density at radius 1 is 1.42 bits per heavy atom. The zero-order chi connectivity index (χ0) is 14.3. The Morgan fingerprint density at radius 3 is 2.79 bits per heavy atom. The van der Waals surface area contributed by atoms with Crippen molar-refractivity contribution in [3.8, 4) is 0 Å². The number of hydrogen-bond acceptors (Lipinski definition) is 3. The van der Waals surface area contributed by atoms with E-state index >= 15 is 0 Å². The minimum absolute atomic E-state index is 0.217. The Morgan fingerprint density at radius 2 is 2.16 bits per heavy atom. The molecule has 3 N–H and O–H groups in total. The molecule has 104 valence electrons. The van der Waals surface area contributed by atoms with E-state index in [1.807, 2.05) is 6.92 Å². The van der Waals surface area contributed by atoms with Gasteiger partial charge in [-0.25, -0.2) is 4.98 Å². The summed E-state index contributed by atoms with van der Waals surface area (Å²) in [5, 5.41) is 3.03. The zero-order valence-electron chi connectivity index (χ0n) is 10.9. The van der Waals surface area contributed by atoms with E-state index in [1.54, 1.807) is 6.07 Å². The lowest BCUT2D eigenvalue weighted by Crippen LogP contribution is -2.25. The summed E-state index contributed by atoms with van der Waals surface area (Å²) < 4.78 is 0. The van der Waals surface area contributed by atoms with Gasteiger partial charge in [0.15, 0.2) is 0 Å². The highest BCUT2D eigenvalue weighted by Crippen LogP contribution is 2.12. The summed E-state index contributed by atoms with van der Waals surface area (Å²) in [6.45, 7) is 2.44. The molecular weight excluding hydrogens is 266 g/mol. The van der Waals surface area contributed by atoms with E-state index in [4.69, 9.17) is 17.3 Å². The number of aromatic nitrogens is 1. The molecule has 6 heteroatoms. The molecule has 0 bridgehead atoms. The molecule has 1 aromatic rings. The molecule has 0 saturated carbocycles. The van der Waals surface area contributed by atoms with Gasteiger partial charge in [0.25, 0.3) is 5.91 Å². The number of carbonyl (C=O) groups excluding carboxylic acids is 2. The standard InChI is InChI=1S/C13H18ClN3O2/c1-2-4-10-7-9(8-11(14)17-10)13(19)16-6-3-5-12(15)18/h7-8H,2-6H2,1H3,(H2,15,18)(H,16,19). The van der Waals surface area contributed by atoms with Crippen LogP contribution in [0.25, 0.3) is 0 Å². The van der Waals surface area contributed by atoms with E-state index in [1.165, 1.54) is 6.07 Å². The molecule has 1 aromatic heterocycles. The Hall–Kier alpha value is -1.62. The quantitative estimate of drug-likeness (QED) is 0.590. The third kappa shape index (κ3) is 5.70. The fourth-order valence-electron chi connectivity index (χ4n) is 1.63. The first-order valence-corrected chi connectivity index (χ1v) is 6.63. The van der Waals surface area contributed by atoms with Gasteiger partial charge in [0.05, 0.1) is 0 Å². The number of hydrogen-bond donors (Lipinski definition) is 2. The largest absolute Gasteiger partial charge is 0.370 e. The summed E-state index contributed by atoms with van der Waals surface area (Å²) in [7, 11) is 0. The fourth-order valence-corrected chi connectivity index (χ4v) is 1.86. The Labute approximate surface area is 117 Å². The average molecular weight is 284 g/mol. The molecule has 0 atom stereocenters. The molecule has 0 unspecified atom stereocenters. The number of rotatable bonds is 7. The second kappa shape index (κ2) is 7.74. The molecule has 0 aromatic carbocycles. The van der Waals surface area contributed by atoms with Gasteiger partial charge in [-0.2, -0.15) is 0 Å². The summed E-state index contributed by atoms with van der Waals surface area (Å²) >= 11 is 5.88. The number of nitrogens with zero attached hydrogens (tertiary/aromatic N) is 1. The molecule has 5 nitrogen and oxygen atoms in total. The summed E-state index contributed by atoms with van der Waals surface area (Å²) in [6, 6.07) is 3.27. The predicted molar refractivity (Wildman–Crippen MR) is 74.0 cm³/mol. The first-order chi connectivity index (χ1) is 9.02. The first-order valence-electron chi connectivity index (χ1n) is 6.26. The number of nitrogens with two attached hydrogens (primary N) is 1. The molecule has 19 heavy (non-hydrogen) atoms. The SMILES string of the molecule is CCCc1cc(C(=O)NCCCC(N)=O)cc(Cl)n1. The minimum atomic E-state index is -0.369. The van der Waals surface area contributed by atoms with Crippen LogP contribution in [0.4, 0.5) is 0 Å². The van der Waals surface area contributed by atoms with Crippen molar-refractivity contribution in [1.82, 2.24) is 10.3 Å². The second-order valence-electron chi connectivity index (χ2n) is 4.25. The number of primary amides is 1. The number of pyridine rings is 1. The van der Waals surface area contributed by atoms with E-state index < -0.39 is 0 Å². The van der Waals surface area contributed by atoms with Crippen LogP contribution in [-0.4, -0.2) is 23.3 Å². The van der Waals surface area contributed by atoms with Crippen molar-refractivity contribution in [2.75, 3.05) is 6.54 Å². The number of nitrogens with one attached hydrogen (secondary N) is 1. The van der Waals surface area contributed by atoms with Crippen LogP contribution in [-0.2, 0) is 11.2 Å². The highest BCUT2D eigenvalue weighted by molar-refractivity contribution is 6.29. The van der Waals surface area contributed by atoms with Crippen molar-refractivity contribution in [3.63, 3.8) is 0 Å². The molecule has 2 amide bonds. The Balaban J connectivity index is 2.58. The molecular formula is C13H18ClN3O2. The lowest BCUT2D eigenvalue weighted by Gasteiger charge is -2.06. The summed E-state index contributed by atoms with van der Waals surface area (Å²) in [6.07, 6.45) is 2.51. The Bertz CT molecular complexity index is 463. The summed E-state index contributed by atoms with van der Waals surface area (Å²) in [5.74, 6) is -0.586. The molecule has 0 spiro atoms. The number of carbonyl (C=O) groups is 2. The number of aryl methyl sites for hydroxylation is 1. The van der Waals surface area contributed by atoms with Crippen molar-refractivity contribution in [1.29, 1.82) is 0 Å². The molecule has 0 saturated heterocycles. The minimum Gasteiger partial charge on any atom is -0.370 e. The third-order valence-corrected chi connectivity index (χ3v) is 2.69. The maximum atomic E-state index is 11.9. The van der Waals surface area contributed by atoms with E-state index in [0.29, 0.717) is 23.7 Å². The van der Waals surface area contributed by atoms with Gasteiger partial charge in [-0.3, -0.25) is 9.59 Å². The van der Waals surface area contributed by atoms with Crippen LogP contribution in [0.15, 0.2) is 12.1 Å². The summed E-state index contributed by atoms with van der Waals surface area (Å²) in [5.41, 5.74) is 6.31. The third-order valence-electron chi connectivity index (χ3n) is 2.50. The van der Waals surface area contributed by atoms with Gasteiger partial charge in [-0.05, 0) is 25.0 Å². The molecule has 0 radical (unpaired) electrons. The highest BCUT2D eigenvalue weighted by Gasteiger charge is 2.08. The van der Waals surface area contributed by atoms with Crippen LogP contribution in [0.1, 0.15) is 42.2 Å². The average Bonchev–Trinajstić information content (AvgIpc) is 2.34. The van der Waals surface area contributed by atoms with Gasteiger partial charge in [-0.15, -0.1) is 0 Å². The van der Waals surface area contributed by atoms with Crippen LogP contribution in [0.5, 0.6) is 0 Å². The van der Waals surface area contributed by atoms with Crippen molar-refractivity contribution in [2.24, 2.45) is 5.73 Å². The van der Waals surface area contributed by atoms with Crippen LogP contribution < -0.4 is 11.1 Å².